The normalized spacial score (nSPS) is 11.6. The molecule has 0 saturated heterocycles. The van der Waals surface area contributed by atoms with Gasteiger partial charge in [0.1, 0.15) is 10.7 Å². The predicted molar refractivity (Wildman–Crippen MR) is 49.0 cm³/mol. The molecule has 0 radical (unpaired) electrons. The number of hydrogen-bond donors (Lipinski definition) is 0. The average Bonchev–Trinajstić information content (AvgIpc) is 2.15. The van der Waals surface area contributed by atoms with Crippen LogP contribution in [-0.2, 0) is 9.84 Å². The van der Waals surface area contributed by atoms with Crippen LogP contribution in [0.25, 0.3) is 0 Å². The first-order valence-corrected chi connectivity index (χ1v) is 5.76. The Kier molecular flexibility index (Phi) is 3.57. The monoisotopic (exact) mass is 220 g/mol. The summed E-state index contributed by atoms with van der Waals surface area (Å²) < 4.78 is 47.6. The number of hydrogen-bond acceptors (Lipinski definition) is 2. The van der Waals surface area contributed by atoms with Gasteiger partial charge in [0.05, 0.1) is 12.4 Å². The third-order valence-electron chi connectivity index (χ3n) is 1.72. The van der Waals surface area contributed by atoms with E-state index in [0.717, 1.165) is 6.07 Å². The summed E-state index contributed by atoms with van der Waals surface area (Å²) in [5.74, 6) is -1.14. The van der Waals surface area contributed by atoms with Crippen molar-refractivity contribution in [2.24, 2.45) is 0 Å². The molecule has 1 aromatic rings. The van der Waals surface area contributed by atoms with Crippen molar-refractivity contribution in [3.8, 4) is 0 Å². The molecule has 0 aliphatic carbocycles. The van der Waals surface area contributed by atoms with Crippen LogP contribution in [0.3, 0.4) is 0 Å². The van der Waals surface area contributed by atoms with Crippen molar-refractivity contribution in [3.63, 3.8) is 0 Å². The van der Waals surface area contributed by atoms with Gasteiger partial charge in [-0.2, -0.15) is 0 Å². The fourth-order valence-electron chi connectivity index (χ4n) is 1.05. The maximum atomic E-state index is 13.0. The number of rotatable bonds is 4. The SMILES string of the molecule is O=S(=O)(CCCF)c1ccccc1F. The fourth-order valence-corrected chi connectivity index (χ4v) is 2.41. The van der Waals surface area contributed by atoms with E-state index in [2.05, 4.69) is 0 Å². The van der Waals surface area contributed by atoms with Gasteiger partial charge in [0.2, 0.25) is 0 Å². The summed E-state index contributed by atoms with van der Waals surface area (Å²) in [6, 6.07) is 5.10. The molecule has 0 bridgehead atoms. The first-order valence-electron chi connectivity index (χ1n) is 4.11. The molecule has 0 N–H and O–H groups in total. The van der Waals surface area contributed by atoms with Gasteiger partial charge in [0.15, 0.2) is 9.84 Å². The largest absolute Gasteiger partial charge is 0.251 e. The van der Waals surface area contributed by atoms with Crippen LogP contribution in [0.15, 0.2) is 29.2 Å². The van der Waals surface area contributed by atoms with E-state index < -0.39 is 22.3 Å². The van der Waals surface area contributed by atoms with Crippen LogP contribution in [0.5, 0.6) is 0 Å². The smallest absolute Gasteiger partial charge is 0.181 e. The molecule has 1 rings (SSSR count). The Bertz CT molecular complexity index is 401. The van der Waals surface area contributed by atoms with E-state index in [4.69, 9.17) is 0 Å². The number of benzene rings is 1. The number of sulfone groups is 1. The third-order valence-corrected chi connectivity index (χ3v) is 3.55. The molecule has 0 aliphatic heterocycles. The van der Waals surface area contributed by atoms with Gasteiger partial charge in [-0.3, -0.25) is 4.39 Å². The van der Waals surface area contributed by atoms with Gasteiger partial charge in [0, 0.05) is 0 Å². The van der Waals surface area contributed by atoms with Crippen molar-refractivity contribution in [2.75, 3.05) is 12.4 Å². The van der Waals surface area contributed by atoms with E-state index in [1.165, 1.54) is 18.2 Å². The Hall–Kier alpha value is -0.970. The third kappa shape index (κ3) is 2.51. The summed E-state index contributed by atoms with van der Waals surface area (Å²) in [5.41, 5.74) is 0. The van der Waals surface area contributed by atoms with Crippen LogP contribution in [0.1, 0.15) is 6.42 Å². The van der Waals surface area contributed by atoms with Crippen molar-refractivity contribution >= 4 is 9.84 Å². The van der Waals surface area contributed by atoms with Gasteiger partial charge in [-0.05, 0) is 18.6 Å². The molecule has 0 atom stereocenters. The minimum atomic E-state index is -3.67. The lowest BCUT2D eigenvalue weighted by Gasteiger charge is -2.03. The summed E-state index contributed by atoms with van der Waals surface area (Å²) >= 11 is 0. The first-order chi connectivity index (χ1) is 6.58. The Labute approximate surface area is 81.5 Å². The van der Waals surface area contributed by atoms with Gasteiger partial charge in [-0.1, -0.05) is 12.1 Å². The first kappa shape index (κ1) is 11.1. The Balaban J connectivity index is 2.99. The van der Waals surface area contributed by atoms with Gasteiger partial charge >= 0.3 is 0 Å². The van der Waals surface area contributed by atoms with Crippen molar-refractivity contribution < 1.29 is 17.2 Å². The van der Waals surface area contributed by atoms with Crippen LogP contribution in [-0.4, -0.2) is 20.8 Å². The minimum Gasteiger partial charge on any atom is -0.251 e. The lowest BCUT2D eigenvalue weighted by atomic mass is 10.3. The quantitative estimate of drug-likeness (QED) is 0.777. The number of halogens is 2. The maximum Gasteiger partial charge on any atom is 0.181 e. The molecule has 2 nitrogen and oxygen atoms in total. The highest BCUT2D eigenvalue weighted by atomic mass is 32.2. The second kappa shape index (κ2) is 4.50. The average molecular weight is 220 g/mol. The molecule has 0 unspecified atom stereocenters. The second-order valence-corrected chi connectivity index (χ2v) is 4.87. The van der Waals surface area contributed by atoms with Gasteiger partial charge < -0.3 is 0 Å². The molecule has 78 valence electrons. The summed E-state index contributed by atoms with van der Waals surface area (Å²) in [5, 5.41) is 0. The molecule has 1 aromatic carbocycles. The molecule has 0 heterocycles. The molecule has 0 aromatic heterocycles. The highest BCUT2D eigenvalue weighted by molar-refractivity contribution is 7.91. The van der Waals surface area contributed by atoms with Crippen molar-refractivity contribution in [3.05, 3.63) is 30.1 Å². The molecular weight excluding hydrogens is 210 g/mol. The van der Waals surface area contributed by atoms with Gasteiger partial charge in [0.25, 0.3) is 0 Å². The van der Waals surface area contributed by atoms with E-state index in [1.807, 2.05) is 0 Å². The highest BCUT2D eigenvalue weighted by Crippen LogP contribution is 2.15. The maximum absolute atomic E-state index is 13.0. The highest BCUT2D eigenvalue weighted by Gasteiger charge is 2.17. The molecule has 14 heavy (non-hydrogen) atoms. The zero-order chi connectivity index (χ0) is 10.6. The van der Waals surface area contributed by atoms with E-state index in [9.17, 15) is 17.2 Å². The second-order valence-electron chi connectivity index (χ2n) is 2.79. The lowest BCUT2D eigenvalue weighted by Crippen LogP contribution is -2.09. The molecule has 5 heteroatoms. The van der Waals surface area contributed by atoms with Crippen LogP contribution in [0, 0.1) is 5.82 Å². The molecule has 0 spiro atoms. The summed E-state index contributed by atoms with van der Waals surface area (Å²) in [6.45, 7) is -0.715. The van der Waals surface area contributed by atoms with Crippen LogP contribution in [0.4, 0.5) is 8.78 Å². The zero-order valence-electron chi connectivity index (χ0n) is 7.41. The molecule has 0 saturated carbocycles. The van der Waals surface area contributed by atoms with E-state index >= 15 is 0 Å². The van der Waals surface area contributed by atoms with Gasteiger partial charge in [-0.25, -0.2) is 12.8 Å². The summed E-state index contributed by atoms with van der Waals surface area (Å²) in [6.07, 6.45) is -0.101. The fraction of sp³-hybridized carbons (Fsp3) is 0.333. The van der Waals surface area contributed by atoms with Crippen molar-refractivity contribution in [2.45, 2.75) is 11.3 Å². The molecular formula is C9H10F2O2S. The zero-order valence-corrected chi connectivity index (χ0v) is 8.23. The van der Waals surface area contributed by atoms with Crippen LogP contribution in [0.2, 0.25) is 0 Å². The minimum absolute atomic E-state index is 0.101. The standard InChI is InChI=1S/C9H10F2O2S/c10-6-3-7-14(12,13)9-5-2-1-4-8(9)11/h1-2,4-5H,3,6-7H2. The Morgan fingerprint density at radius 2 is 1.86 bits per heavy atom. The molecule has 0 amide bonds. The van der Waals surface area contributed by atoms with E-state index in [0.29, 0.717) is 0 Å². The summed E-state index contributed by atoms with van der Waals surface area (Å²) in [4.78, 5) is -0.353. The predicted octanol–water partition coefficient (Wildman–Crippen LogP) is 1.96. The lowest BCUT2D eigenvalue weighted by molar-refractivity contribution is 0.483. The van der Waals surface area contributed by atoms with Crippen molar-refractivity contribution in [1.82, 2.24) is 0 Å². The summed E-state index contributed by atoms with van der Waals surface area (Å²) in [7, 11) is -3.67. The Morgan fingerprint density at radius 3 is 2.43 bits per heavy atom. The van der Waals surface area contributed by atoms with Crippen LogP contribution < -0.4 is 0 Å². The van der Waals surface area contributed by atoms with E-state index in [1.54, 1.807) is 0 Å². The topological polar surface area (TPSA) is 34.1 Å². The molecule has 0 fully saturated rings. The number of alkyl halides is 1. The van der Waals surface area contributed by atoms with Gasteiger partial charge in [-0.15, -0.1) is 0 Å². The van der Waals surface area contributed by atoms with Crippen LogP contribution >= 0.6 is 0 Å². The Morgan fingerprint density at radius 1 is 1.21 bits per heavy atom. The molecule has 0 aliphatic rings. The van der Waals surface area contributed by atoms with E-state index in [-0.39, 0.29) is 17.1 Å². The van der Waals surface area contributed by atoms with Crippen molar-refractivity contribution in [1.29, 1.82) is 0 Å².